The Labute approximate surface area is 225 Å². The first kappa shape index (κ1) is 24.8. The monoisotopic (exact) mass is 532 g/mol. The third-order valence-corrected chi connectivity index (χ3v) is 7.28. The highest BCUT2D eigenvalue weighted by molar-refractivity contribution is 6.31. The molecule has 4 aromatic rings. The molecule has 6 rings (SSSR count). The summed E-state index contributed by atoms with van der Waals surface area (Å²) < 4.78 is 12.8. The minimum absolute atomic E-state index is 0.0185. The van der Waals surface area contributed by atoms with Crippen LogP contribution in [0.5, 0.6) is 0 Å². The summed E-state index contributed by atoms with van der Waals surface area (Å²) in [5.41, 5.74) is 4.26. The van der Waals surface area contributed by atoms with Gasteiger partial charge in [0.05, 0.1) is 26.4 Å². The molecular weight excluding hydrogens is 504 g/mol. The first-order valence-electron chi connectivity index (χ1n) is 12.8. The Morgan fingerprint density at radius 2 is 1.68 bits per heavy atom. The van der Waals surface area contributed by atoms with Gasteiger partial charge in [0.2, 0.25) is 5.95 Å². The maximum Gasteiger partial charge on any atom is 0.254 e. The molecule has 10 heteroatoms. The van der Waals surface area contributed by atoms with Crippen molar-refractivity contribution in [2.24, 2.45) is 0 Å². The van der Waals surface area contributed by atoms with Crippen molar-refractivity contribution >= 4 is 40.2 Å². The standard InChI is InChI=1S/C28H29ClN6O3/c29-25-17-24(6-3-22(25)19-33-9-13-37-14-10-33)35-8-7-21-18-30-28(32-26(21)35)31-23-4-1-20(2-5-23)27(36)34-11-15-38-16-12-34/h1-8,17-18H,9-16,19H2,(H,30,31,32). The van der Waals surface area contributed by atoms with Gasteiger partial charge in [0.25, 0.3) is 5.91 Å². The Bertz CT molecular complexity index is 1430. The number of carbonyl (C=O) groups is 1. The summed E-state index contributed by atoms with van der Waals surface area (Å²) in [7, 11) is 0. The molecule has 38 heavy (non-hydrogen) atoms. The summed E-state index contributed by atoms with van der Waals surface area (Å²) in [6.07, 6.45) is 3.77. The zero-order valence-corrected chi connectivity index (χ0v) is 21.7. The SMILES string of the molecule is O=C(c1ccc(Nc2ncc3ccn(-c4ccc(CN5CCOCC5)c(Cl)c4)c3n2)cc1)N1CCOCC1. The number of benzene rings is 2. The van der Waals surface area contributed by atoms with Crippen molar-refractivity contribution in [3.63, 3.8) is 0 Å². The number of aromatic nitrogens is 3. The number of hydrogen-bond donors (Lipinski definition) is 1. The predicted molar refractivity (Wildman–Crippen MR) is 146 cm³/mol. The lowest BCUT2D eigenvalue weighted by atomic mass is 10.1. The van der Waals surface area contributed by atoms with Gasteiger partial charge in [-0.2, -0.15) is 4.98 Å². The van der Waals surface area contributed by atoms with E-state index in [0.29, 0.717) is 37.8 Å². The number of hydrogen-bond acceptors (Lipinski definition) is 7. The van der Waals surface area contributed by atoms with E-state index in [9.17, 15) is 4.79 Å². The predicted octanol–water partition coefficient (Wildman–Crippen LogP) is 4.12. The summed E-state index contributed by atoms with van der Waals surface area (Å²) >= 11 is 6.69. The van der Waals surface area contributed by atoms with Gasteiger partial charge in [-0.15, -0.1) is 0 Å². The second-order valence-electron chi connectivity index (χ2n) is 9.43. The van der Waals surface area contributed by atoms with E-state index in [1.807, 2.05) is 52.1 Å². The Balaban J connectivity index is 1.18. The van der Waals surface area contributed by atoms with Crippen LogP contribution in [0, 0.1) is 0 Å². The molecule has 0 atom stereocenters. The van der Waals surface area contributed by atoms with Crippen molar-refractivity contribution in [3.05, 3.63) is 77.1 Å². The van der Waals surface area contributed by atoms with Gasteiger partial charge in [0, 0.05) is 72.5 Å². The average Bonchev–Trinajstić information content (AvgIpc) is 3.38. The number of morpholine rings is 2. The topological polar surface area (TPSA) is 84.8 Å². The maximum absolute atomic E-state index is 12.7. The Kier molecular flexibility index (Phi) is 7.24. The van der Waals surface area contributed by atoms with E-state index in [4.69, 9.17) is 26.1 Å². The summed E-state index contributed by atoms with van der Waals surface area (Å²) in [6.45, 7) is 6.56. The minimum atomic E-state index is 0.0185. The number of halogens is 1. The molecule has 2 aromatic heterocycles. The van der Waals surface area contributed by atoms with Crippen molar-refractivity contribution in [3.8, 4) is 5.69 Å². The number of carbonyl (C=O) groups excluding carboxylic acids is 1. The van der Waals surface area contributed by atoms with E-state index < -0.39 is 0 Å². The Hall–Kier alpha value is -3.50. The smallest absolute Gasteiger partial charge is 0.254 e. The van der Waals surface area contributed by atoms with E-state index in [1.54, 1.807) is 6.20 Å². The molecule has 196 valence electrons. The second kappa shape index (κ2) is 11.1. The molecule has 0 spiro atoms. The molecule has 2 fully saturated rings. The van der Waals surface area contributed by atoms with Gasteiger partial charge in [-0.3, -0.25) is 9.69 Å². The summed E-state index contributed by atoms with van der Waals surface area (Å²) in [5, 5.41) is 4.91. The van der Waals surface area contributed by atoms with Crippen LogP contribution < -0.4 is 5.32 Å². The van der Waals surface area contributed by atoms with Crippen LogP contribution in [-0.2, 0) is 16.0 Å². The van der Waals surface area contributed by atoms with Crippen molar-refractivity contribution < 1.29 is 14.3 Å². The number of nitrogens with zero attached hydrogens (tertiary/aromatic N) is 5. The van der Waals surface area contributed by atoms with Crippen LogP contribution in [0.25, 0.3) is 16.7 Å². The maximum atomic E-state index is 12.7. The van der Waals surface area contributed by atoms with Gasteiger partial charge in [0.1, 0.15) is 5.65 Å². The molecule has 0 bridgehead atoms. The third kappa shape index (κ3) is 5.37. The van der Waals surface area contributed by atoms with E-state index >= 15 is 0 Å². The zero-order chi connectivity index (χ0) is 25.9. The van der Waals surface area contributed by atoms with Crippen molar-refractivity contribution in [1.29, 1.82) is 0 Å². The quantitative estimate of drug-likeness (QED) is 0.400. The molecule has 9 nitrogen and oxygen atoms in total. The molecule has 2 aliphatic heterocycles. The van der Waals surface area contributed by atoms with Crippen LogP contribution in [0.15, 0.2) is 60.9 Å². The van der Waals surface area contributed by atoms with Crippen molar-refractivity contribution in [2.45, 2.75) is 6.54 Å². The van der Waals surface area contributed by atoms with E-state index in [-0.39, 0.29) is 5.91 Å². The molecule has 0 unspecified atom stereocenters. The molecule has 2 aliphatic rings. The second-order valence-corrected chi connectivity index (χ2v) is 9.84. The fourth-order valence-corrected chi connectivity index (χ4v) is 5.01. The Morgan fingerprint density at radius 3 is 2.42 bits per heavy atom. The highest BCUT2D eigenvalue weighted by Crippen LogP contribution is 2.26. The molecule has 1 amide bonds. The zero-order valence-electron chi connectivity index (χ0n) is 21.0. The summed E-state index contributed by atoms with van der Waals surface area (Å²) in [5.74, 6) is 0.490. The number of ether oxygens (including phenoxy) is 2. The number of fused-ring (bicyclic) bond motifs is 1. The van der Waals surface area contributed by atoms with Crippen molar-refractivity contribution in [1.82, 2.24) is 24.3 Å². The minimum Gasteiger partial charge on any atom is -0.379 e. The third-order valence-electron chi connectivity index (χ3n) is 6.93. The van der Waals surface area contributed by atoms with E-state index in [1.165, 1.54) is 0 Å². The fourth-order valence-electron chi connectivity index (χ4n) is 4.78. The number of rotatable bonds is 6. The molecule has 1 N–H and O–H groups in total. The van der Waals surface area contributed by atoms with Crippen LogP contribution >= 0.6 is 11.6 Å². The first-order chi connectivity index (χ1) is 18.6. The fraction of sp³-hybridized carbons (Fsp3) is 0.321. The highest BCUT2D eigenvalue weighted by atomic mass is 35.5. The molecule has 0 radical (unpaired) electrons. The number of nitrogens with one attached hydrogen (secondary N) is 1. The van der Waals surface area contributed by atoms with Gasteiger partial charge < -0.3 is 24.3 Å². The number of amides is 1. The van der Waals surface area contributed by atoms with Crippen LogP contribution in [0.1, 0.15) is 15.9 Å². The van der Waals surface area contributed by atoms with Crippen LogP contribution in [0.3, 0.4) is 0 Å². The summed E-state index contributed by atoms with van der Waals surface area (Å²) in [4.78, 5) is 26.1. The number of anilines is 2. The van der Waals surface area contributed by atoms with E-state index in [0.717, 1.165) is 65.8 Å². The first-order valence-corrected chi connectivity index (χ1v) is 13.2. The Morgan fingerprint density at radius 1 is 0.947 bits per heavy atom. The van der Waals surface area contributed by atoms with Crippen LogP contribution in [0.4, 0.5) is 11.6 Å². The molecular formula is C28H29ClN6O3. The largest absolute Gasteiger partial charge is 0.379 e. The van der Waals surface area contributed by atoms with Gasteiger partial charge in [-0.05, 0) is 48.0 Å². The van der Waals surface area contributed by atoms with E-state index in [2.05, 4.69) is 27.3 Å². The molecule has 0 saturated carbocycles. The lowest BCUT2D eigenvalue weighted by Crippen LogP contribution is -2.40. The lowest BCUT2D eigenvalue weighted by Gasteiger charge is -2.27. The van der Waals surface area contributed by atoms with Crippen LogP contribution in [-0.4, -0.2) is 82.8 Å². The average molecular weight is 533 g/mol. The molecule has 2 aromatic carbocycles. The lowest BCUT2D eigenvalue weighted by molar-refractivity contribution is 0.0303. The van der Waals surface area contributed by atoms with Gasteiger partial charge in [0.15, 0.2) is 0 Å². The van der Waals surface area contributed by atoms with Gasteiger partial charge in [-0.1, -0.05) is 17.7 Å². The highest BCUT2D eigenvalue weighted by Gasteiger charge is 2.18. The molecule has 0 aliphatic carbocycles. The normalized spacial score (nSPS) is 16.6. The van der Waals surface area contributed by atoms with Gasteiger partial charge in [-0.25, -0.2) is 4.98 Å². The summed E-state index contributed by atoms with van der Waals surface area (Å²) in [6, 6.07) is 15.5. The van der Waals surface area contributed by atoms with Crippen molar-refractivity contribution in [2.75, 3.05) is 57.9 Å². The molecule has 4 heterocycles. The van der Waals surface area contributed by atoms with Gasteiger partial charge >= 0.3 is 0 Å². The van der Waals surface area contributed by atoms with Crippen LogP contribution in [0.2, 0.25) is 5.02 Å². The molecule has 2 saturated heterocycles.